The molecule has 0 radical (unpaired) electrons. The maximum Gasteiger partial charge on any atom is 0.289 e. The van der Waals surface area contributed by atoms with Gasteiger partial charge in [0.2, 0.25) is 0 Å². The zero-order valence-corrected chi connectivity index (χ0v) is 9.59. The van der Waals surface area contributed by atoms with Crippen LogP contribution >= 0.6 is 0 Å². The number of nitrogen functional groups attached to an aromatic ring is 1. The minimum atomic E-state index is -0.141. The van der Waals surface area contributed by atoms with Gasteiger partial charge in [0.1, 0.15) is 0 Å². The largest absolute Gasteiger partial charge is 0.459 e. The van der Waals surface area contributed by atoms with Crippen molar-refractivity contribution in [3.8, 4) is 0 Å². The van der Waals surface area contributed by atoms with Gasteiger partial charge in [0.25, 0.3) is 5.91 Å². The van der Waals surface area contributed by atoms with E-state index in [9.17, 15) is 4.79 Å². The van der Waals surface area contributed by atoms with Gasteiger partial charge in [-0.1, -0.05) is 12.1 Å². The lowest BCUT2D eigenvalue weighted by Crippen LogP contribution is -2.25. The SMILES string of the molecule is CN(Cc1cccc(N)c1)C(=O)c1ccco1. The quantitative estimate of drug-likeness (QED) is 0.822. The zero-order valence-electron chi connectivity index (χ0n) is 9.59. The Hall–Kier alpha value is -2.23. The number of anilines is 1. The molecule has 1 aromatic heterocycles. The van der Waals surface area contributed by atoms with Gasteiger partial charge in [0.15, 0.2) is 5.76 Å². The fraction of sp³-hybridized carbons (Fsp3) is 0.154. The van der Waals surface area contributed by atoms with Crippen LogP contribution in [0.25, 0.3) is 0 Å². The van der Waals surface area contributed by atoms with Crippen molar-refractivity contribution in [2.24, 2.45) is 0 Å². The number of nitrogens with two attached hydrogens (primary N) is 1. The highest BCUT2D eigenvalue weighted by atomic mass is 16.3. The first kappa shape index (κ1) is 11.3. The molecule has 88 valence electrons. The number of nitrogens with zero attached hydrogens (tertiary/aromatic N) is 1. The third-order valence-corrected chi connectivity index (χ3v) is 2.45. The Kier molecular flexibility index (Phi) is 3.14. The molecule has 1 aromatic carbocycles. The Morgan fingerprint density at radius 3 is 2.82 bits per heavy atom. The molecule has 0 aliphatic heterocycles. The van der Waals surface area contributed by atoms with Gasteiger partial charge in [-0.15, -0.1) is 0 Å². The highest BCUT2D eigenvalue weighted by molar-refractivity contribution is 5.91. The minimum Gasteiger partial charge on any atom is -0.459 e. The molecule has 0 fully saturated rings. The Morgan fingerprint density at radius 1 is 1.35 bits per heavy atom. The Labute approximate surface area is 99.6 Å². The number of carbonyl (C=O) groups excluding carboxylic acids is 1. The normalized spacial score (nSPS) is 10.2. The highest BCUT2D eigenvalue weighted by Gasteiger charge is 2.14. The van der Waals surface area contributed by atoms with Crippen LogP contribution in [-0.2, 0) is 6.54 Å². The van der Waals surface area contributed by atoms with Crippen LogP contribution in [0.15, 0.2) is 47.1 Å². The summed E-state index contributed by atoms with van der Waals surface area (Å²) in [5.74, 6) is 0.203. The van der Waals surface area contributed by atoms with E-state index >= 15 is 0 Å². The van der Waals surface area contributed by atoms with E-state index in [0.29, 0.717) is 18.0 Å². The second-order valence-corrected chi connectivity index (χ2v) is 3.88. The topological polar surface area (TPSA) is 59.5 Å². The molecule has 0 atom stereocenters. The van der Waals surface area contributed by atoms with Gasteiger partial charge in [-0.2, -0.15) is 0 Å². The maximum atomic E-state index is 11.9. The van der Waals surface area contributed by atoms with Crippen molar-refractivity contribution < 1.29 is 9.21 Å². The molecule has 2 N–H and O–H groups in total. The first-order chi connectivity index (χ1) is 8.16. The van der Waals surface area contributed by atoms with E-state index in [1.165, 1.54) is 6.26 Å². The highest BCUT2D eigenvalue weighted by Crippen LogP contribution is 2.11. The predicted octanol–water partition coefficient (Wildman–Crippen LogP) is 2.13. The summed E-state index contributed by atoms with van der Waals surface area (Å²) >= 11 is 0. The number of rotatable bonds is 3. The molecule has 2 aromatic rings. The average molecular weight is 230 g/mol. The fourth-order valence-corrected chi connectivity index (χ4v) is 1.63. The van der Waals surface area contributed by atoms with Crippen molar-refractivity contribution >= 4 is 11.6 Å². The molecule has 0 spiro atoms. The van der Waals surface area contributed by atoms with Crippen LogP contribution in [-0.4, -0.2) is 17.9 Å². The monoisotopic (exact) mass is 230 g/mol. The van der Waals surface area contributed by atoms with Crippen molar-refractivity contribution in [3.63, 3.8) is 0 Å². The second kappa shape index (κ2) is 4.74. The number of hydrogen-bond acceptors (Lipinski definition) is 3. The summed E-state index contributed by atoms with van der Waals surface area (Å²) in [5.41, 5.74) is 7.37. The van der Waals surface area contributed by atoms with E-state index < -0.39 is 0 Å². The van der Waals surface area contributed by atoms with Crippen LogP contribution in [0.1, 0.15) is 16.1 Å². The zero-order chi connectivity index (χ0) is 12.3. The third kappa shape index (κ3) is 2.66. The van der Waals surface area contributed by atoms with E-state index in [4.69, 9.17) is 10.2 Å². The predicted molar refractivity (Wildman–Crippen MR) is 65.4 cm³/mol. The summed E-state index contributed by atoms with van der Waals surface area (Å²) in [7, 11) is 1.73. The van der Waals surface area contributed by atoms with Crippen molar-refractivity contribution in [1.82, 2.24) is 4.90 Å². The van der Waals surface area contributed by atoms with Gasteiger partial charge < -0.3 is 15.1 Å². The first-order valence-corrected chi connectivity index (χ1v) is 5.30. The molecule has 0 saturated heterocycles. The minimum absolute atomic E-state index is 0.141. The molecule has 1 heterocycles. The van der Waals surface area contributed by atoms with Crippen LogP contribution in [0.5, 0.6) is 0 Å². The van der Waals surface area contributed by atoms with Crippen molar-refractivity contribution in [1.29, 1.82) is 0 Å². The van der Waals surface area contributed by atoms with Crippen molar-refractivity contribution in [3.05, 3.63) is 54.0 Å². The standard InChI is InChI=1S/C13H14N2O2/c1-15(13(16)12-6-3-7-17-12)9-10-4-2-5-11(14)8-10/h2-8H,9,14H2,1H3. The van der Waals surface area contributed by atoms with Gasteiger partial charge in [0.05, 0.1) is 6.26 Å². The van der Waals surface area contributed by atoms with Crippen LogP contribution < -0.4 is 5.73 Å². The molecule has 2 rings (SSSR count). The summed E-state index contributed by atoms with van der Waals surface area (Å²) in [6.07, 6.45) is 1.49. The molecule has 4 nitrogen and oxygen atoms in total. The molecule has 4 heteroatoms. The molecule has 0 saturated carbocycles. The average Bonchev–Trinajstić information content (AvgIpc) is 2.81. The van der Waals surface area contributed by atoms with Gasteiger partial charge >= 0.3 is 0 Å². The van der Waals surface area contributed by atoms with Gasteiger partial charge in [-0.25, -0.2) is 0 Å². The van der Waals surface area contributed by atoms with Crippen LogP contribution in [0.2, 0.25) is 0 Å². The summed E-state index contributed by atoms with van der Waals surface area (Å²) in [5, 5.41) is 0. The van der Waals surface area contributed by atoms with Gasteiger partial charge in [-0.05, 0) is 29.8 Å². The number of amides is 1. The fourth-order valence-electron chi connectivity index (χ4n) is 1.63. The van der Waals surface area contributed by atoms with Crippen molar-refractivity contribution in [2.75, 3.05) is 12.8 Å². The summed E-state index contributed by atoms with van der Waals surface area (Å²) < 4.78 is 5.06. The van der Waals surface area contributed by atoms with E-state index in [-0.39, 0.29) is 5.91 Å². The van der Waals surface area contributed by atoms with Crippen LogP contribution in [0.3, 0.4) is 0 Å². The molecule has 0 bridgehead atoms. The number of furan rings is 1. The smallest absolute Gasteiger partial charge is 0.289 e. The van der Waals surface area contributed by atoms with E-state index in [1.807, 2.05) is 24.3 Å². The van der Waals surface area contributed by atoms with Gasteiger partial charge in [-0.3, -0.25) is 4.79 Å². The lowest BCUT2D eigenvalue weighted by molar-refractivity contribution is 0.0753. The molecule has 0 aliphatic rings. The van der Waals surface area contributed by atoms with Crippen LogP contribution in [0, 0.1) is 0 Å². The first-order valence-electron chi connectivity index (χ1n) is 5.30. The van der Waals surface area contributed by atoms with E-state index in [2.05, 4.69) is 0 Å². The molecule has 0 aliphatic carbocycles. The molecule has 17 heavy (non-hydrogen) atoms. The molecular weight excluding hydrogens is 216 g/mol. The van der Waals surface area contributed by atoms with Crippen molar-refractivity contribution in [2.45, 2.75) is 6.54 Å². The van der Waals surface area contributed by atoms with E-state index in [0.717, 1.165) is 5.56 Å². The number of carbonyl (C=O) groups is 1. The summed E-state index contributed by atoms with van der Waals surface area (Å²) in [6.45, 7) is 0.505. The molecular formula is C13H14N2O2. The van der Waals surface area contributed by atoms with Crippen LogP contribution in [0.4, 0.5) is 5.69 Å². The second-order valence-electron chi connectivity index (χ2n) is 3.88. The van der Waals surface area contributed by atoms with E-state index in [1.54, 1.807) is 24.1 Å². The Bertz CT molecular complexity index is 506. The molecule has 0 unspecified atom stereocenters. The summed E-state index contributed by atoms with van der Waals surface area (Å²) in [6, 6.07) is 10.8. The number of hydrogen-bond donors (Lipinski definition) is 1. The summed E-state index contributed by atoms with van der Waals surface area (Å²) in [4.78, 5) is 13.5. The number of benzene rings is 1. The third-order valence-electron chi connectivity index (χ3n) is 2.45. The maximum absolute atomic E-state index is 11.9. The lowest BCUT2D eigenvalue weighted by Gasteiger charge is -2.15. The molecule has 1 amide bonds. The lowest BCUT2D eigenvalue weighted by atomic mass is 10.2. The Morgan fingerprint density at radius 2 is 2.18 bits per heavy atom. The Balaban J connectivity index is 2.07. The van der Waals surface area contributed by atoms with Gasteiger partial charge in [0, 0.05) is 19.3 Å².